The number of methoxy groups -OCH3 is 1. The maximum absolute atomic E-state index is 10.8. The number of nitrogens with zero attached hydrogens (tertiary/aromatic N) is 1. The first-order chi connectivity index (χ1) is 6.07. The van der Waals surface area contributed by atoms with Crippen LogP contribution in [0.15, 0.2) is 4.99 Å². The number of nitrogens with two attached hydrogens (primary N) is 3. The van der Waals surface area contributed by atoms with Crippen molar-refractivity contribution in [3.8, 4) is 0 Å². The van der Waals surface area contributed by atoms with Gasteiger partial charge < -0.3 is 21.9 Å². The molecule has 0 saturated heterocycles. The third-order valence-electron chi connectivity index (χ3n) is 1.47. The Bertz CT molecular complexity index is 197. The molecule has 0 aromatic heterocycles. The van der Waals surface area contributed by atoms with E-state index in [2.05, 4.69) is 9.73 Å². The SMILES string of the molecule is Br.Br.COC(=O)C(N)CCCN=C(N)N. The molecule has 0 aliphatic carbocycles. The highest BCUT2D eigenvalue weighted by atomic mass is 79.9. The molecule has 0 aromatic carbocycles. The van der Waals surface area contributed by atoms with Gasteiger partial charge in [0.1, 0.15) is 6.04 Å². The molecular weight excluding hydrogens is 332 g/mol. The van der Waals surface area contributed by atoms with E-state index in [-0.39, 0.29) is 39.9 Å². The van der Waals surface area contributed by atoms with Crippen LogP contribution in [0, 0.1) is 0 Å². The Balaban J connectivity index is -0.000000720. The first kappa shape index (κ1) is 20.1. The average Bonchev–Trinajstić information content (AvgIpc) is 2.10. The lowest BCUT2D eigenvalue weighted by molar-refractivity contribution is -0.142. The zero-order chi connectivity index (χ0) is 10.3. The van der Waals surface area contributed by atoms with E-state index in [1.807, 2.05) is 0 Å². The second kappa shape index (κ2) is 11.7. The van der Waals surface area contributed by atoms with Crippen LogP contribution in [0.2, 0.25) is 0 Å². The second-order valence-electron chi connectivity index (χ2n) is 2.58. The van der Waals surface area contributed by atoms with Crippen LogP contribution >= 0.6 is 34.0 Å². The number of halogens is 2. The Morgan fingerprint density at radius 2 is 1.93 bits per heavy atom. The molecule has 0 fully saturated rings. The zero-order valence-electron chi connectivity index (χ0n) is 8.51. The van der Waals surface area contributed by atoms with Crippen molar-refractivity contribution in [2.75, 3.05) is 13.7 Å². The van der Waals surface area contributed by atoms with Gasteiger partial charge in [-0.25, -0.2) is 0 Å². The maximum atomic E-state index is 10.8. The highest BCUT2D eigenvalue weighted by molar-refractivity contribution is 8.93. The van der Waals surface area contributed by atoms with E-state index in [1.54, 1.807) is 0 Å². The van der Waals surface area contributed by atoms with Gasteiger partial charge in [-0.15, -0.1) is 34.0 Å². The maximum Gasteiger partial charge on any atom is 0.322 e. The van der Waals surface area contributed by atoms with Crippen molar-refractivity contribution in [2.24, 2.45) is 22.2 Å². The lowest BCUT2D eigenvalue weighted by Crippen LogP contribution is -2.31. The van der Waals surface area contributed by atoms with E-state index in [0.717, 1.165) is 0 Å². The lowest BCUT2D eigenvalue weighted by atomic mass is 10.2. The molecule has 0 saturated carbocycles. The molecule has 0 aliphatic heterocycles. The molecule has 0 radical (unpaired) electrons. The van der Waals surface area contributed by atoms with Gasteiger partial charge in [-0.05, 0) is 12.8 Å². The molecular formula is C7H18Br2N4O2. The van der Waals surface area contributed by atoms with Crippen molar-refractivity contribution in [2.45, 2.75) is 18.9 Å². The van der Waals surface area contributed by atoms with Crippen molar-refractivity contribution in [1.29, 1.82) is 0 Å². The minimum absolute atomic E-state index is 0. The van der Waals surface area contributed by atoms with Gasteiger partial charge >= 0.3 is 5.97 Å². The summed E-state index contributed by atoms with van der Waals surface area (Å²) in [6, 6.07) is -0.584. The van der Waals surface area contributed by atoms with Crippen LogP contribution in [0.4, 0.5) is 0 Å². The van der Waals surface area contributed by atoms with E-state index >= 15 is 0 Å². The van der Waals surface area contributed by atoms with Crippen LogP contribution in [0.5, 0.6) is 0 Å². The Hall–Kier alpha value is -0.340. The molecule has 92 valence electrons. The van der Waals surface area contributed by atoms with Crippen molar-refractivity contribution in [3.05, 3.63) is 0 Å². The zero-order valence-corrected chi connectivity index (χ0v) is 11.9. The number of hydrogen-bond acceptors (Lipinski definition) is 4. The molecule has 1 atom stereocenters. The number of ether oxygens (including phenoxy) is 1. The Kier molecular flexibility index (Phi) is 15.7. The minimum atomic E-state index is -0.584. The monoisotopic (exact) mass is 348 g/mol. The van der Waals surface area contributed by atoms with Crippen LogP contribution in [-0.4, -0.2) is 31.6 Å². The number of carbonyl (C=O) groups is 1. The molecule has 0 heterocycles. The van der Waals surface area contributed by atoms with Crippen LogP contribution < -0.4 is 17.2 Å². The number of carbonyl (C=O) groups excluding carboxylic acids is 1. The van der Waals surface area contributed by atoms with Crippen molar-refractivity contribution in [3.63, 3.8) is 0 Å². The van der Waals surface area contributed by atoms with Gasteiger partial charge in [-0.1, -0.05) is 0 Å². The average molecular weight is 350 g/mol. The van der Waals surface area contributed by atoms with Crippen molar-refractivity contribution < 1.29 is 9.53 Å². The summed E-state index contributed by atoms with van der Waals surface area (Å²) in [5, 5.41) is 0. The summed E-state index contributed by atoms with van der Waals surface area (Å²) in [6.45, 7) is 0.479. The largest absolute Gasteiger partial charge is 0.468 e. The van der Waals surface area contributed by atoms with Gasteiger partial charge in [0.15, 0.2) is 5.96 Å². The number of esters is 1. The van der Waals surface area contributed by atoms with Crippen LogP contribution in [-0.2, 0) is 9.53 Å². The highest BCUT2D eigenvalue weighted by Gasteiger charge is 2.11. The predicted octanol–water partition coefficient (Wildman–Crippen LogP) is -0.304. The van der Waals surface area contributed by atoms with E-state index in [9.17, 15) is 4.79 Å². The van der Waals surface area contributed by atoms with Crippen molar-refractivity contribution in [1.82, 2.24) is 0 Å². The Morgan fingerprint density at radius 1 is 1.40 bits per heavy atom. The first-order valence-electron chi connectivity index (χ1n) is 3.96. The molecule has 0 amide bonds. The molecule has 8 heteroatoms. The van der Waals surface area contributed by atoms with E-state index < -0.39 is 12.0 Å². The molecule has 0 bridgehead atoms. The number of guanidine groups is 1. The number of aliphatic imine (C=N–C) groups is 1. The van der Waals surface area contributed by atoms with Gasteiger partial charge in [0.05, 0.1) is 7.11 Å². The Labute approximate surface area is 110 Å². The topological polar surface area (TPSA) is 117 Å². The summed E-state index contributed by atoms with van der Waals surface area (Å²) >= 11 is 0. The minimum Gasteiger partial charge on any atom is -0.468 e. The molecule has 0 spiro atoms. The summed E-state index contributed by atoms with van der Waals surface area (Å²) < 4.78 is 4.44. The quantitative estimate of drug-likeness (QED) is 0.272. The summed E-state index contributed by atoms with van der Waals surface area (Å²) in [7, 11) is 1.30. The Morgan fingerprint density at radius 3 is 2.33 bits per heavy atom. The van der Waals surface area contributed by atoms with Crippen LogP contribution in [0.1, 0.15) is 12.8 Å². The third kappa shape index (κ3) is 11.6. The normalized spacial score (nSPS) is 10.3. The van der Waals surface area contributed by atoms with Gasteiger partial charge in [0.25, 0.3) is 0 Å². The molecule has 0 rings (SSSR count). The van der Waals surface area contributed by atoms with Gasteiger partial charge in [-0.3, -0.25) is 9.79 Å². The number of hydrogen-bond donors (Lipinski definition) is 3. The fourth-order valence-electron chi connectivity index (χ4n) is 0.789. The molecule has 0 aliphatic rings. The molecule has 6 N–H and O–H groups in total. The smallest absolute Gasteiger partial charge is 0.322 e. The van der Waals surface area contributed by atoms with Gasteiger partial charge in [-0.2, -0.15) is 0 Å². The highest BCUT2D eigenvalue weighted by Crippen LogP contribution is 1.96. The fraction of sp³-hybridized carbons (Fsp3) is 0.714. The summed E-state index contributed by atoms with van der Waals surface area (Å²) in [5.41, 5.74) is 15.7. The van der Waals surface area contributed by atoms with E-state index in [0.29, 0.717) is 19.4 Å². The first-order valence-corrected chi connectivity index (χ1v) is 3.96. The van der Waals surface area contributed by atoms with Crippen LogP contribution in [0.3, 0.4) is 0 Å². The third-order valence-corrected chi connectivity index (χ3v) is 1.47. The lowest BCUT2D eigenvalue weighted by Gasteiger charge is -2.07. The predicted molar refractivity (Wildman–Crippen MR) is 70.5 cm³/mol. The van der Waals surface area contributed by atoms with Gasteiger partial charge in [0, 0.05) is 6.54 Å². The second-order valence-corrected chi connectivity index (χ2v) is 2.58. The summed E-state index contributed by atoms with van der Waals surface area (Å²) in [4.78, 5) is 14.6. The molecule has 0 aromatic rings. The molecule has 15 heavy (non-hydrogen) atoms. The van der Waals surface area contributed by atoms with E-state index in [1.165, 1.54) is 7.11 Å². The summed E-state index contributed by atoms with van der Waals surface area (Å²) in [5.74, 6) is -0.365. The number of rotatable bonds is 5. The molecule has 6 nitrogen and oxygen atoms in total. The standard InChI is InChI=1S/C7H16N4O2.2BrH/c1-13-6(12)5(8)3-2-4-11-7(9)10;;/h5H,2-4,8H2,1H3,(H4,9,10,11);2*1H. The van der Waals surface area contributed by atoms with Gasteiger partial charge in [0.2, 0.25) is 0 Å². The van der Waals surface area contributed by atoms with Crippen molar-refractivity contribution >= 4 is 45.9 Å². The van der Waals surface area contributed by atoms with E-state index in [4.69, 9.17) is 17.2 Å². The fourth-order valence-corrected chi connectivity index (χ4v) is 0.789. The molecule has 1 unspecified atom stereocenters. The van der Waals surface area contributed by atoms with Crippen LogP contribution in [0.25, 0.3) is 0 Å². The summed E-state index contributed by atoms with van der Waals surface area (Å²) in [6.07, 6.45) is 1.18.